The summed E-state index contributed by atoms with van der Waals surface area (Å²) in [5, 5.41) is 0. The molecule has 2 unspecified atom stereocenters. The standard InChI is InChI=1S/C12H27NOSi/c1-5-11-9-10-12(6-2)15(11,13-7-3)14-8-4/h11-13H,5-10H2,1-4H3. The fourth-order valence-electron chi connectivity index (χ4n) is 3.27. The second-order valence-corrected chi connectivity index (χ2v) is 8.41. The Balaban J connectivity index is 2.84. The van der Waals surface area contributed by atoms with Crippen molar-refractivity contribution in [3.05, 3.63) is 0 Å². The molecule has 0 spiro atoms. The Morgan fingerprint density at radius 3 is 1.93 bits per heavy atom. The van der Waals surface area contributed by atoms with Crippen molar-refractivity contribution >= 4 is 8.48 Å². The third kappa shape index (κ3) is 2.45. The fourth-order valence-corrected chi connectivity index (χ4v) is 8.52. The Morgan fingerprint density at radius 1 is 1.07 bits per heavy atom. The van der Waals surface area contributed by atoms with Gasteiger partial charge in [0, 0.05) is 6.61 Å². The molecule has 0 saturated carbocycles. The van der Waals surface area contributed by atoms with Crippen molar-refractivity contribution < 1.29 is 4.43 Å². The van der Waals surface area contributed by atoms with Crippen molar-refractivity contribution in [2.24, 2.45) is 0 Å². The fraction of sp³-hybridized carbons (Fsp3) is 1.00. The molecule has 0 amide bonds. The van der Waals surface area contributed by atoms with Crippen molar-refractivity contribution in [2.45, 2.75) is 64.5 Å². The van der Waals surface area contributed by atoms with Crippen LogP contribution in [0.2, 0.25) is 11.1 Å². The molecule has 1 rings (SSSR count). The first-order valence-corrected chi connectivity index (χ1v) is 8.70. The molecule has 2 nitrogen and oxygen atoms in total. The van der Waals surface area contributed by atoms with Gasteiger partial charge in [-0.15, -0.1) is 0 Å². The van der Waals surface area contributed by atoms with Crippen molar-refractivity contribution in [2.75, 3.05) is 13.2 Å². The predicted octanol–water partition coefficient (Wildman–Crippen LogP) is 3.43. The molecule has 1 aliphatic rings. The summed E-state index contributed by atoms with van der Waals surface area (Å²) in [6.07, 6.45) is 5.34. The number of hydrogen-bond donors (Lipinski definition) is 1. The van der Waals surface area contributed by atoms with Gasteiger partial charge in [0.25, 0.3) is 8.48 Å². The highest BCUT2D eigenvalue weighted by Crippen LogP contribution is 2.49. The van der Waals surface area contributed by atoms with E-state index in [1.165, 1.54) is 25.7 Å². The van der Waals surface area contributed by atoms with Gasteiger partial charge in [-0.3, -0.25) is 0 Å². The maximum absolute atomic E-state index is 6.27. The molecular weight excluding hydrogens is 202 g/mol. The normalized spacial score (nSPS) is 36.0. The van der Waals surface area contributed by atoms with E-state index in [4.69, 9.17) is 4.43 Å². The molecule has 1 N–H and O–H groups in total. The van der Waals surface area contributed by atoms with Crippen LogP contribution in [0.25, 0.3) is 0 Å². The summed E-state index contributed by atoms with van der Waals surface area (Å²) in [6, 6.07) is 0. The van der Waals surface area contributed by atoms with Crippen LogP contribution in [0.15, 0.2) is 0 Å². The molecule has 1 fully saturated rings. The lowest BCUT2D eigenvalue weighted by Crippen LogP contribution is -2.57. The van der Waals surface area contributed by atoms with Gasteiger partial charge in [0.15, 0.2) is 0 Å². The molecule has 15 heavy (non-hydrogen) atoms. The second-order valence-electron chi connectivity index (χ2n) is 4.54. The van der Waals surface area contributed by atoms with Crippen molar-refractivity contribution in [1.82, 2.24) is 4.98 Å². The van der Waals surface area contributed by atoms with Crippen molar-refractivity contribution in [3.63, 3.8) is 0 Å². The lowest BCUT2D eigenvalue weighted by molar-refractivity contribution is 0.295. The number of hydrogen-bond acceptors (Lipinski definition) is 2. The van der Waals surface area contributed by atoms with E-state index >= 15 is 0 Å². The van der Waals surface area contributed by atoms with Crippen LogP contribution in [-0.2, 0) is 4.43 Å². The third-order valence-electron chi connectivity index (χ3n) is 3.90. The third-order valence-corrected chi connectivity index (χ3v) is 9.39. The summed E-state index contributed by atoms with van der Waals surface area (Å²) < 4.78 is 6.27. The molecule has 0 aliphatic carbocycles. The van der Waals surface area contributed by atoms with Crippen LogP contribution in [-0.4, -0.2) is 21.6 Å². The molecule has 0 aromatic rings. The van der Waals surface area contributed by atoms with Gasteiger partial charge in [0.2, 0.25) is 0 Å². The van der Waals surface area contributed by atoms with Crippen molar-refractivity contribution in [1.29, 1.82) is 0 Å². The number of rotatable bonds is 6. The van der Waals surface area contributed by atoms with Crippen LogP contribution in [0.3, 0.4) is 0 Å². The largest absolute Gasteiger partial charge is 0.403 e. The maximum atomic E-state index is 6.27. The Hall–Kier alpha value is 0.137. The molecule has 0 aromatic heterocycles. The van der Waals surface area contributed by atoms with E-state index in [9.17, 15) is 0 Å². The van der Waals surface area contributed by atoms with Gasteiger partial charge < -0.3 is 9.41 Å². The first-order chi connectivity index (χ1) is 7.25. The first-order valence-electron chi connectivity index (χ1n) is 6.64. The minimum Gasteiger partial charge on any atom is -0.403 e. The van der Waals surface area contributed by atoms with Gasteiger partial charge in [-0.1, -0.05) is 33.6 Å². The van der Waals surface area contributed by atoms with Crippen LogP contribution in [0, 0.1) is 0 Å². The van der Waals surface area contributed by atoms with Gasteiger partial charge in [0.05, 0.1) is 0 Å². The Kier molecular flexibility index (Phi) is 5.30. The lowest BCUT2D eigenvalue weighted by Gasteiger charge is -2.37. The summed E-state index contributed by atoms with van der Waals surface area (Å²) in [7, 11) is -1.64. The second kappa shape index (κ2) is 6.02. The van der Waals surface area contributed by atoms with E-state index in [2.05, 4.69) is 32.7 Å². The zero-order valence-electron chi connectivity index (χ0n) is 10.8. The van der Waals surface area contributed by atoms with Crippen molar-refractivity contribution in [3.8, 4) is 0 Å². The molecule has 3 heteroatoms. The molecule has 1 heterocycles. The zero-order valence-corrected chi connectivity index (χ0v) is 11.8. The minimum absolute atomic E-state index is 0.836. The average Bonchev–Trinajstić information content (AvgIpc) is 2.57. The van der Waals surface area contributed by atoms with Gasteiger partial charge >= 0.3 is 0 Å². The molecule has 0 aromatic carbocycles. The van der Waals surface area contributed by atoms with Gasteiger partial charge in [-0.25, -0.2) is 0 Å². The summed E-state index contributed by atoms with van der Waals surface area (Å²) >= 11 is 0. The highest BCUT2D eigenvalue weighted by Gasteiger charge is 2.52. The Bertz CT molecular complexity index is 166. The van der Waals surface area contributed by atoms with Crippen LogP contribution >= 0.6 is 0 Å². The summed E-state index contributed by atoms with van der Waals surface area (Å²) in [5.74, 6) is 0. The number of nitrogens with one attached hydrogen (secondary N) is 1. The lowest BCUT2D eigenvalue weighted by atomic mass is 10.1. The first kappa shape index (κ1) is 13.2. The monoisotopic (exact) mass is 229 g/mol. The zero-order chi connectivity index (χ0) is 11.3. The minimum atomic E-state index is -1.64. The topological polar surface area (TPSA) is 21.3 Å². The van der Waals surface area contributed by atoms with E-state index in [1.807, 2.05) is 0 Å². The smallest absolute Gasteiger partial charge is 0.274 e. The highest BCUT2D eigenvalue weighted by atomic mass is 28.4. The van der Waals surface area contributed by atoms with E-state index in [1.54, 1.807) is 0 Å². The summed E-state index contributed by atoms with van der Waals surface area (Å²) in [6.45, 7) is 10.9. The van der Waals surface area contributed by atoms with E-state index < -0.39 is 8.48 Å². The van der Waals surface area contributed by atoms with E-state index in [0.717, 1.165) is 24.2 Å². The Morgan fingerprint density at radius 2 is 1.60 bits per heavy atom. The SMILES string of the molecule is CCN[Si]1(OCC)C(CC)CCC1CC. The Labute approximate surface area is 96.0 Å². The van der Waals surface area contributed by atoms with Gasteiger partial charge in [-0.05, 0) is 37.4 Å². The molecule has 2 atom stereocenters. The van der Waals surface area contributed by atoms with Gasteiger partial charge in [-0.2, -0.15) is 0 Å². The summed E-state index contributed by atoms with van der Waals surface area (Å²) in [5.41, 5.74) is 1.67. The molecule has 0 radical (unpaired) electrons. The van der Waals surface area contributed by atoms with Crippen LogP contribution in [0.5, 0.6) is 0 Å². The molecule has 1 aliphatic heterocycles. The van der Waals surface area contributed by atoms with Gasteiger partial charge in [0.1, 0.15) is 0 Å². The van der Waals surface area contributed by atoms with E-state index in [-0.39, 0.29) is 0 Å². The van der Waals surface area contributed by atoms with Crippen LogP contribution in [0.1, 0.15) is 53.4 Å². The quantitative estimate of drug-likeness (QED) is 0.705. The molecular formula is C12H27NOSi. The summed E-state index contributed by atoms with van der Waals surface area (Å²) in [4.78, 5) is 3.78. The maximum Gasteiger partial charge on any atom is 0.274 e. The molecule has 0 bridgehead atoms. The van der Waals surface area contributed by atoms with Crippen LogP contribution < -0.4 is 4.98 Å². The predicted molar refractivity (Wildman–Crippen MR) is 68.4 cm³/mol. The van der Waals surface area contributed by atoms with Crippen LogP contribution in [0.4, 0.5) is 0 Å². The molecule has 1 saturated heterocycles. The highest BCUT2D eigenvalue weighted by molar-refractivity contribution is 6.75. The average molecular weight is 229 g/mol. The molecule has 90 valence electrons. The van der Waals surface area contributed by atoms with E-state index in [0.29, 0.717) is 0 Å².